The number of nitrogens with zero attached hydrogens (tertiary/aromatic N) is 2. The molecule has 0 aromatic heterocycles. The summed E-state index contributed by atoms with van der Waals surface area (Å²) in [6, 6.07) is 5.65. The van der Waals surface area contributed by atoms with E-state index in [1.807, 2.05) is 18.2 Å². The molecule has 0 radical (unpaired) electrons. The van der Waals surface area contributed by atoms with Gasteiger partial charge < -0.3 is 14.8 Å². The molecule has 1 N–H and O–H groups in total. The van der Waals surface area contributed by atoms with Gasteiger partial charge in [-0.2, -0.15) is 0 Å². The molecule has 1 atom stereocenters. The number of carbonyl (C=O) groups excluding carboxylic acids is 2. The van der Waals surface area contributed by atoms with Gasteiger partial charge in [0.15, 0.2) is 0 Å². The first-order valence-electron chi connectivity index (χ1n) is 11.2. The van der Waals surface area contributed by atoms with Gasteiger partial charge in [-0.25, -0.2) is 9.69 Å². The molecule has 3 amide bonds. The number of rotatable bonds is 5. The molecular weight excluding hydrogens is 382 g/mol. The van der Waals surface area contributed by atoms with Crippen LogP contribution < -0.4 is 14.8 Å². The number of benzene rings is 1. The standard InChI is InChI=1S/C23H33N3O4/c1-29-17-10-11-20(30-2)18(15-17)19-9-8-14-25(19)16-26-21(27)23(24-22(26)28)12-6-4-3-5-7-13-23/h10-11,15,19H,3-9,12-14,16H2,1-2H3,(H,24,28). The number of likely N-dealkylation sites (tertiary alicyclic amines) is 1. The van der Waals surface area contributed by atoms with Crippen molar-refractivity contribution >= 4 is 11.9 Å². The van der Waals surface area contributed by atoms with E-state index in [4.69, 9.17) is 9.47 Å². The number of hydrogen-bond acceptors (Lipinski definition) is 5. The zero-order valence-corrected chi connectivity index (χ0v) is 18.1. The summed E-state index contributed by atoms with van der Waals surface area (Å²) in [5.41, 5.74) is 0.350. The van der Waals surface area contributed by atoms with Gasteiger partial charge in [-0.15, -0.1) is 0 Å². The fraction of sp³-hybridized carbons (Fsp3) is 0.652. The Morgan fingerprint density at radius 2 is 1.77 bits per heavy atom. The molecule has 2 heterocycles. The fourth-order valence-corrected chi connectivity index (χ4v) is 5.28. The van der Waals surface area contributed by atoms with Crippen molar-refractivity contribution in [2.45, 2.75) is 69.4 Å². The summed E-state index contributed by atoms with van der Waals surface area (Å²) in [5.74, 6) is 1.54. The van der Waals surface area contributed by atoms with Crippen molar-refractivity contribution in [2.24, 2.45) is 0 Å². The smallest absolute Gasteiger partial charge is 0.326 e. The topological polar surface area (TPSA) is 71.1 Å². The highest BCUT2D eigenvalue weighted by molar-refractivity contribution is 6.07. The molecule has 1 aliphatic carbocycles. The molecule has 7 nitrogen and oxygen atoms in total. The molecule has 1 saturated carbocycles. The van der Waals surface area contributed by atoms with Crippen LogP contribution in [0.5, 0.6) is 11.5 Å². The normalized spacial score (nSPS) is 24.6. The molecule has 1 aromatic rings. The van der Waals surface area contributed by atoms with E-state index in [0.29, 0.717) is 6.67 Å². The van der Waals surface area contributed by atoms with Crippen molar-refractivity contribution in [1.29, 1.82) is 0 Å². The second kappa shape index (κ2) is 8.84. The molecule has 164 valence electrons. The van der Waals surface area contributed by atoms with Crippen molar-refractivity contribution in [3.63, 3.8) is 0 Å². The number of ether oxygens (including phenoxy) is 2. The molecule has 1 unspecified atom stereocenters. The molecule has 30 heavy (non-hydrogen) atoms. The Labute approximate surface area is 178 Å². The maximum atomic E-state index is 13.4. The van der Waals surface area contributed by atoms with E-state index >= 15 is 0 Å². The maximum Gasteiger partial charge on any atom is 0.326 e. The van der Waals surface area contributed by atoms with Crippen LogP contribution in [0.2, 0.25) is 0 Å². The number of urea groups is 1. The largest absolute Gasteiger partial charge is 0.497 e. The van der Waals surface area contributed by atoms with Gasteiger partial charge in [0.1, 0.15) is 17.0 Å². The van der Waals surface area contributed by atoms with Crippen LogP contribution in [-0.2, 0) is 4.79 Å². The van der Waals surface area contributed by atoms with E-state index in [0.717, 1.165) is 75.0 Å². The second-order valence-corrected chi connectivity index (χ2v) is 8.73. The Morgan fingerprint density at radius 1 is 1.03 bits per heavy atom. The highest BCUT2D eigenvalue weighted by Gasteiger charge is 2.51. The van der Waals surface area contributed by atoms with E-state index in [1.54, 1.807) is 14.2 Å². The number of methoxy groups -OCH3 is 2. The maximum absolute atomic E-state index is 13.4. The summed E-state index contributed by atoms with van der Waals surface area (Å²) in [6.07, 6.45) is 8.95. The Morgan fingerprint density at radius 3 is 2.47 bits per heavy atom. The van der Waals surface area contributed by atoms with Crippen LogP contribution in [-0.4, -0.2) is 54.7 Å². The Balaban J connectivity index is 1.53. The number of imide groups is 1. The van der Waals surface area contributed by atoms with Gasteiger partial charge in [-0.05, 0) is 43.9 Å². The van der Waals surface area contributed by atoms with Crippen molar-refractivity contribution in [3.05, 3.63) is 23.8 Å². The average Bonchev–Trinajstić information content (AvgIpc) is 3.29. The summed E-state index contributed by atoms with van der Waals surface area (Å²) >= 11 is 0. The van der Waals surface area contributed by atoms with Crippen LogP contribution >= 0.6 is 0 Å². The van der Waals surface area contributed by atoms with Crippen LogP contribution in [0.25, 0.3) is 0 Å². The van der Waals surface area contributed by atoms with Gasteiger partial charge in [0.2, 0.25) is 0 Å². The quantitative estimate of drug-likeness (QED) is 0.740. The fourth-order valence-electron chi connectivity index (χ4n) is 5.28. The van der Waals surface area contributed by atoms with Crippen molar-refractivity contribution in [3.8, 4) is 11.5 Å². The summed E-state index contributed by atoms with van der Waals surface area (Å²) in [5, 5.41) is 3.07. The zero-order chi connectivity index (χ0) is 21.1. The highest BCUT2D eigenvalue weighted by Crippen LogP contribution is 2.40. The summed E-state index contributed by atoms with van der Waals surface area (Å²) < 4.78 is 11.0. The van der Waals surface area contributed by atoms with Gasteiger partial charge >= 0.3 is 6.03 Å². The van der Waals surface area contributed by atoms with Crippen LogP contribution in [0.4, 0.5) is 4.79 Å². The molecule has 7 heteroatoms. The van der Waals surface area contributed by atoms with Crippen molar-refractivity contribution < 1.29 is 19.1 Å². The summed E-state index contributed by atoms with van der Waals surface area (Å²) in [4.78, 5) is 29.9. The number of amides is 3. The predicted octanol–water partition coefficient (Wildman–Crippen LogP) is 3.83. The molecule has 2 saturated heterocycles. The average molecular weight is 416 g/mol. The lowest BCUT2D eigenvalue weighted by Gasteiger charge is -2.31. The number of hydrogen-bond donors (Lipinski definition) is 1. The van der Waals surface area contributed by atoms with Crippen molar-refractivity contribution in [2.75, 3.05) is 27.4 Å². The van der Waals surface area contributed by atoms with Crippen LogP contribution in [0.1, 0.15) is 69.4 Å². The molecular formula is C23H33N3O4. The van der Waals surface area contributed by atoms with E-state index in [-0.39, 0.29) is 18.0 Å². The third kappa shape index (κ3) is 3.87. The summed E-state index contributed by atoms with van der Waals surface area (Å²) in [7, 11) is 3.32. The Kier molecular flexibility index (Phi) is 6.18. The van der Waals surface area contributed by atoms with Crippen LogP contribution in [0.15, 0.2) is 18.2 Å². The second-order valence-electron chi connectivity index (χ2n) is 8.73. The van der Waals surface area contributed by atoms with E-state index < -0.39 is 5.54 Å². The van der Waals surface area contributed by atoms with Crippen LogP contribution in [0, 0.1) is 0 Å². The first-order valence-corrected chi connectivity index (χ1v) is 11.2. The minimum Gasteiger partial charge on any atom is -0.497 e. The van der Waals surface area contributed by atoms with E-state index in [9.17, 15) is 9.59 Å². The highest BCUT2D eigenvalue weighted by atomic mass is 16.5. The van der Waals surface area contributed by atoms with E-state index in [2.05, 4.69) is 10.2 Å². The lowest BCUT2D eigenvalue weighted by atomic mass is 9.84. The zero-order valence-electron chi connectivity index (χ0n) is 18.1. The molecule has 4 rings (SSSR count). The third-order valence-corrected chi connectivity index (χ3v) is 6.94. The third-order valence-electron chi connectivity index (χ3n) is 6.94. The van der Waals surface area contributed by atoms with Gasteiger partial charge in [-0.3, -0.25) is 9.69 Å². The van der Waals surface area contributed by atoms with Crippen molar-refractivity contribution in [1.82, 2.24) is 15.1 Å². The molecule has 0 bridgehead atoms. The Hall–Kier alpha value is -2.28. The van der Waals surface area contributed by atoms with Gasteiger partial charge in [0.25, 0.3) is 5.91 Å². The Bertz CT molecular complexity index is 789. The van der Waals surface area contributed by atoms with Gasteiger partial charge in [0.05, 0.1) is 20.9 Å². The molecule has 1 aromatic carbocycles. The number of nitrogens with one attached hydrogen (secondary N) is 1. The lowest BCUT2D eigenvalue weighted by Crippen LogP contribution is -2.48. The molecule has 3 aliphatic rings. The van der Waals surface area contributed by atoms with E-state index in [1.165, 1.54) is 11.3 Å². The molecule has 1 spiro atoms. The predicted molar refractivity (Wildman–Crippen MR) is 114 cm³/mol. The lowest BCUT2D eigenvalue weighted by molar-refractivity contribution is -0.133. The molecule has 2 aliphatic heterocycles. The number of carbonyl (C=O) groups is 2. The minimum atomic E-state index is -0.694. The first-order chi connectivity index (χ1) is 14.6. The van der Waals surface area contributed by atoms with Crippen LogP contribution in [0.3, 0.4) is 0 Å². The summed E-state index contributed by atoms with van der Waals surface area (Å²) in [6.45, 7) is 1.16. The first kappa shape index (κ1) is 21.0. The molecule has 3 fully saturated rings. The van der Waals surface area contributed by atoms with Gasteiger partial charge in [0, 0.05) is 18.2 Å². The SMILES string of the molecule is COc1ccc(OC)c(C2CCCN2CN2C(=O)NC3(CCCCCCC3)C2=O)c1. The van der Waals surface area contributed by atoms with Gasteiger partial charge in [-0.1, -0.05) is 32.1 Å². The minimum absolute atomic E-state index is 0.0438. The monoisotopic (exact) mass is 415 g/mol.